The van der Waals surface area contributed by atoms with Gasteiger partial charge >= 0.3 is 0 Å². The Morgan fingerprint density at radius 1 is 1.05 bits per heavy atom. The Kier molecular flexibility index (Phi) is 13.8. The number of carbonyl (C=O) groups excluding carboxylic acids is 1. The van der Waals surface area contributed by atoms with Gasteiger partial charge in [-0.3, -0.25) is 4.79 Å². The van der Waals surface area contributed by atoms with Gasteiger partial charge in [-0.05, 0) is 132 Å². The summed E-state index contributed by atoms with van der Waals surface area (Å²) in [6.07, 6.45) is 14.2. The molecule has 3 aliphatic carbocycles. The van der Waals surface area contributed by atoms with Gasteiger partial charge in [0.15, 0.2) is 0 Å². The van der Waals surface area contributed by atoms with Crippen molar-refractivity contribution in [1.82, 2.24) is 4.90 Å². The molecule has 1 heterocycles. The number of allylic oxidation sites excluding steroid dienone is 1. The number of hydrogen-bond donors (Lipinski definition) is 2. The van der Waals surface area contributed by atoms with Crippen LogP contribution in [0.2, 0.25) is 0 Å². The fourth-order valence-corrected chi connectivity index (χ4v) is 9.32. The van der Waals surface area contributed by atoms with Crippen molar-refractivity contribution in [2.24, 2.45) is 28.8 Å². The first-order valence-electron chi connectivity index (χ1n) is 20.5. The number of nitrogens with zero attached hydrogens (tertiary/aromatic N) is 2. The molecule has 1 aliphatic heterocycles. The van der Waals surface area contributed by atoms with E-state index < -0.39 is 17.4 Å². The minimum Gasteiger partial charge on any atom is -0.459 e. The monoisotopic (exact) mass is 774 g/mol. The van der Waals surface area contributed by atoms with Crippen molar-refractivity contribution >= 4 is 23.4 Å². The summed E-state index contributed by atoms with van der Waals surface area (Å²) in [4.78, 5) is 23.8. The Morgan fingerprint density at radius 2 is 1.76 bits per heavy atom. The fraction of sp³-hybridized carbons (Fsp3) is 0.600. The highest BCUT2D eigenvalue weighted by molar-refractivity contribution is 7.98. The SMILES string of the molecule is C=CCO[C@@]12Oc3ccc(Oc4ccc(SC)cc4)cc3[C@H]3[C@H](CCCCO)[C@@H](CCCCO)C=C(C(=NOC(C)(C)C)C[C@@H]1N(CCC)C(=O)C1CC1)[C@H]32. The molecule has 2 aromatic rings. The molecule has 0 unspecified atom stereocenters. The van der Waals surface area contributed by atoms with E-state index in [0.29, 0.717) is 19.4 Å². The van der Waals surface area contributed by atoms with Gasteiger partial charge in [-0.1, -0.05) is 37.1 Å². The second-order valence-corrected chi connectivity index (χ2v) is 17.4. The van der Waals surface area contributed by atoms with Gasteiger partial charge in [0, 0.05) is 48.5 Å². The Morgan fingerprint density at radius 3 is 2.40 bits per heavy atom. The number of hydrogen-bond acceptors (Lipinski definition) is 9. The number of thioether (sulfide) groups is 1. The molecule has 0 spiro atoms. The maximum atomic E-state index is 14.3. The van der Waals surface area contributed by atoms with Crippen LogP contribution in [0.1, 0.15) is 103 Å². The minimum atomic E-state index is -1.24. The topological polar surface area (TPSA) is 110 Å². The molecule has 0 bridgehead atoms. The van der Waals surface area contributed by atoms with Crippen molar-refractivity contribution in [3.8, 4) is 17.2 Å². The van der Waals surface area contributed by atoms with E-state index in [1.807, 2.05) is 49.9 Å². The normalized spacial score (nSPS) is 26.3. The van der Waals surface area contributed by atoms with Gasteiger partial charge in [-0.15, -0.1) is 18.3 Å². The summed E-state index contributed by atoms with van der Waals surface area (Å²) in [5, 5.41) is 24.7. The predicted molar refractivity (Wildman–Crippen MR) is 219 cm³/mol. The zero-order chi connectivity index (χ0) is 39.2. The van der Waals surface area contributed by atoms with Crippen molar-refractivity contribution in [2.45, 2.75) is 120 Å². The van der Waals surface area contributed by atoms with Gasteiger partial charge in [0.2, 0.25) is 11.7 Å². The van der Waals surface area contributed by atoms with E-state index in [9.17, 15) is 15.0 Å². The molecule has 6 rings (SSSR count). The second-order valence-electron chi connectivity index (χ2n) is 16.6. The number of amides is 1. The van der Waals surface area contributed by atoms with Gasteiger partial charge in [-0.25, -0.2) is 0 Å². The molecule has 0 aromatic heterocycles. The third-order valence-corrected chi connectivity index (χ3v) is 12.2. The highest BCUT2D eigenvalue weighted by atomic mass is 32.2. The van der Waals surface area contributed by atoms with Crippen LogP contribution in [0.25, 0.3) is 0 Å². The Bertz CT molecular complexity index is 1680. The first-order chi connectivity index (χ1) is 26.6. The average molecular weight is 775 g/mol. The number of benzene rings is 2. The van der Waals surface area contributed by atoms with Crippen LogP contribution in [0, 0.1) is 23.7 Å². The second kappa shape index (κ2) is 18.3. The van der Waals surface area contributed by atoms with Crippen LogP contribution in [0.3, 0.4) is 0 Å². The molecular weight excluding hydrogens is 713 g/mol. The molecule has 300 valence electrons. The molecular formula is C45H62N2O7S. The number of fused-ring (bicyclic) bond motifs is 2. The number of unbranched alkanes of at least 4 members (excludes halogenated alkanes) is 2. The summed E-state index contributed by atoms with van der Waals surface area (Å²) < 4.78 is 21.0. The van der Waals surface area contributed by atoms with E-state index in [2.05, 4.69) is 44.0 Å². The Hall–Kier alpha value is -3.31. The zero-order valence-electron chi connectivity index (χ0n) is 33.5. The van der Waals surface area contributed by atoms with E-state index in [4.69, 9.17) is 24.2 Å². The highest BCUT2D eigenvalue weighted by Crippen LogP contribution is 2.62. The van der Waals surface area contributed by atoms with E-state index in [1.165, 1.54) is 4.90 Å². The van der Waals surface area contributed by atoms with E-state index in [-0.39, 0.29) is 55.3 Å². The summed E-state index contributed by atoms with van der Waals surface area (Å²) in [5.74, 6) is 0.985. The van der Waals surface area contributed by atoms with Crippen LogP contribution in [0.15, 0.2) is 76.8 Å². The molecule has 1 amide bonds. The van der Waals surface area contributed by atoms with Crippen LogP contribution in [0.5, 0.6) is 17.2 Å². The molecule has 0 saturated heterocycles. The molecule has 9 nitrogen and oxygen atoms in total. The lowest BCUT2D eigenvalue weighted by atomic mass is 9.55. The van der Waals surface area contributed by atoms with Crippen molar-refractivity contribution in [3.63, 3.8) is 0 Å². The van der Waals surface area contributed by atoms with Crippen LogP contribution >= 0.6 is 11.8 Å². The van der Waals surface area contributed by atoms with E-state index in [1.54, 1.807) is 17.8 Å². The maximum absolute atomic E-state index is 14.3. The zero-order valence-corrected chi connectivity index (χ0v) is 34.3. The molecule has 6 atom stereocenters. The van der Waals surface area contributed by atoms with Gasteiger partial charge in [0.1, 0.15) is 28.9 Å². The van der Waals surface area contributed by atoms with Crippen LogP contribution in [-0.4, -0.2) is 76.8 Å². The molecule has 2 N–H and O–H groups in total. The molecule has 2 saturated carbocycles. The first kappa shape index (κ1) is 41.3. The summed E-state index contributed by atoms with van der Waals surface area (Å²) >= 11 is 1.69. The average Bonchev–Trinajstić information content (AvgIpc) is 4.03. The van der Waals surface area contributed by atoms with Crippen molar-refractivity contribution in [3.05, 3.63) is 72.3 Å². The van der Waals surface area contributed by atoms with Crippen LogP contribution in [-0.2, 0) is 14.4 Å². The van der Waals surface area contributed by atoms with Gasteiger partial charge < -0.3 is 34.2 Å². The van der Waals surface area contributed by atoms with Crippen molar-refractivity contribution in [1.29, 1.82) is 0 Å². The molecule has 55 heavy (non-hydrogen) atoms. The highest BCUT2D eigenvalue weighted by Gasteiger charge is 2.65. The molecule has 0 radical (unpaired) electrons. The predicted octanol–water partition coefficient (Wildman–Crippen LogP) is 9.28. The van der Waals surface area contributed by atoms with E-state index >= 15 is 0 Å². The quantitative estimate of drug-likeness (QED) is 0.0630. The summed E-state index contributed by atoms with van der Waals surface area (Å²) in [6, 6.07) is 13.7. The van der Waals surface area contributed by atoms with Crippen molar-refractivity contribution < 1.29 is 34.1 Å². The molecule has 2 fully saturated rings. The van der Waals surface area contributed by atoms with Gasteiger partial charge in [0.05, 0.1) is 18.2 Å². The summed E-state index contributed by atoms with van der Waals surface area (Å²) in [7, 11) is 0. The van der Waals surface area contributed by atoms with E-state index in [0.717, 1.165) is 85.5 Å². The number of oxime groups is 1. The summed E-state index contributed by atoms with van der Waals surface area (Å²) in [6.45, 7) is 13.3. The summed E-state index contributed by atoms with van der Waals surface area (Å²) in [5.41, 5.74) is 2.38. The maximum Gasteiger partial charge on any atom is 0.239 e. The number of carbonyl (C=O) groups is 1. The first-order valence-corrected chi connectivity index (χ1v) is 21.7. The number of aliphatic hydroxyl groups excluding tert-OH is 2. The lowest BCUT2D eigenvalue weighted by Gasteiger charge is -2.60. The third kappa shape index (κ3) is 9.30. The molecule has 4 aliphatic rings. The Labute approximate surface area is 332 Å². The van der Waals surface area contributed by atoms with Crippen LogP contribution < -0.4 is 9.47 Å². The van der Waals surface area contributed by atoms with Crippen LogP contribution in [0.4, 0.5) is 0 Å². The third-order valence-electron chi connectivity index (χ3n) is 11.4. The number of aliphatic hydroxyl groups is 2. The lowest BCUT2D eigenvalue weighted by molar-refractivity contribution is -0.257. The lowest BCUT2D eigenvalue weighted by Crippen LogP contribution is -2.70. The molecule has 2 aromatic carbocycles. The van der Waals surface area contributed by atoms with Gasteiger partial charge in [-0.2, -0.15) is 0 Å². The fourth-order valence-electron chi connectivity index (χ4n) is 8.91. The Balaban J connectivity index is 1.58. The number of rotatable bonds is 19. The van der Waals surface area contributed by atoms with Crippen molar-refractivity contribution in [2.75, 3.05) is 32.6 Å². The number of ether oxygens (including phenoxy) is 3. The molecule has 10 heteroatoms. The minimum absolute atomic E-state index is 0.0102. The largest absolute Gasteiger partial charge is 0.459 e. The standard InChI is InChI=1S/C45H62N2O7S/c1-7-23-47(43(50)30-15-16-30)40-29-38(46-54-44(3,4)5)36-27-31(13-9-11-24-48)35(14-10-12-25-49)41-37-28-33(52-32-17-20-34(55-6)21-18-32)19-22-39(37)53-45(40,42(36)41)51-26-8-2/h8,17-22,27-28,30-31,35,40-42,48-49H,2,7,9-16,23-26,29H2,1,3-6H3/t31-,35+,40-,41+,42+,45+/m0/s1. The smallest absolute Gasteiger partial charge is 0.239 e. The van der Waals surface area contributed by atoms with Gasteiger partial charge in [0.25, 0.3) is 0 Å².